The lowest BCUT2D eigenvalue weighted by molar-refractivity contribution is -0.139. The van der Waals surface area contributed by atoms with Crippen molar-refractivity contribution in [3.63, 3.8) is 0 Å². The minimum atomic E-state index is -3.86. The number of rotatable bonds is 10. The van der Waals surface area contributed by atoms with Crippen LogP contribution in [0.5, 0.6) is 0 Å². The number of ether oxygens (including phenoxy) is 1. The lowest BCUT2D eigenvalue weighted by atomic mass is 10.1. The molecule has 0 saturated carbocycles. The van der Waals surface area contributed by atoms with Crippen LogP contribution in [0, 0.1) is 6.92 Å². The number of hydrogen-bond acceptors (Lipinski definition) is 6. The van der Waals surface area contributed by atoms with E-state index in [1.165, 1.54) is 12.1 Å². The zero-order valence-electron chi connectivity index (χ0n) is 17.5. The Morgan fingerprint density at radius 1 is 1.12 bits per heavy atom. The van der Waals surface area contributed by atoms with Crippen molar-refractivity contribution in [2.24, 2.45) is 10.7 Å². The molecule has 0 bridgehead atoms. The van der Waals surface area contributed by atoms with Crippen LogP contribution in [0.25, 0.3) is 0 Å². The SMILES string of the molecule is Cc1ccc(S(=O)(=O)NC(N)=NCCCC(NC(=O)OCc2ccccc2)C(=O)O)cc1. The monoisotopic (exact) mass is 462 g/mol. The van der Waals surface area contributed by atoms with Crippen molar-refractivity contribution < 1.29 is 27.9 Å². The van der Waals surface area contributed by atoms with Crippen molar-refractivity contribution in [2.75, 3.05) is 6.54 Å². The van der Waals surface area contributed by atoms with Gasteiger partial charge in [0, 0.05) is 6.54 Å². The van der Waals surface area contributed by atoms with E-state index >= 15 is 0 Å². The minimum absolute atomic E-state index is 0.0148. The van der Waals surface area contributed by atoms with Gasteiger partial charge in [-0.2, -0.15) is 0 Å². The number of aryl methyl sites for hydroxylation is 1. The molecule has 0 aliphatic carbocycles. The van der Waals surface area contributed by atoms with Crippen LogP contribution in [-0.4, -0.2) is 44.1 Å². The zero-order valence-corrected chi connectivity index (χ0v) is 18.3. The number of alkyl carbamates (subject to hydrolysis) is 1. The molecule has 11 heteroatoms. The molecule has 0 heterocycles. The number of sulfonamides is 1. The number of carboxylic acids is 1. The fourth-order valence-electron chi connectivity index (χ4n) is 2.61. The predicted octanol–water partition coefficient (Wildman–Crippen LogP) is 1.75. The summed E-state index contributed by atoms with van der Waals surface area (Å²) in [7, 11) is -3.86. The van der Waals surface area contributed by atoms with Gasteiger partial charge >= 0.3 is 12.1 Å². The summed E-state index contributed by atoms with van der Waals surface area (Å²) in [6.45, 7) is 1.91. The Bertz CT molecular complexity index is 1040. The third kappa shape index (κ3) is 8.26. The van der Waals surface area contributed by atoms with E-state index < -0.39 is 28.1 Å². The highest BCUT2D eigenvalue weighted by Gasteiger charge is 2.20. The molecule has 0 fully saturated rings. The van der Waals surface area contributed by atoms with Gasteiger partial charge in [0.1, 0.15) is 12.6 Å². The molecule has 172 valence electrons. The van der Waals surface area contributed by atoms with Gasteiger partial charge in [0.25, 0.3) is 10.0 Å². The van der Waals surface area contributed by atoms with Crippen LogP contribution in [0.4, 0.5) is 4.79 Å². The number of benzene rings is 2. The van der Waals surface area contributed by atoms with E-state index in [9.17, 15) is 23.1 Å². The summed E-state index contributed by atoms with van der Waals surface area (Å²) >= 11 is 0. The summed E-state index contributed by atoms with van der Waals surface area (Å²) < 4.78 is 31.7. The number of aliphatic imine (C=N–C) groups is 1. The van der Waals surface area contributed by atoms with E-state index in [0.717, 1.165) is 11.1 Å². The molecule has 0 aromatic heterocycles. The molecule has 1 amide bonds. The molecular formula is C21H26N4O6S. The van der Waals surface area contributed by atoms with E-state index in [4.69, 9.17) is 10.5 Å². The Hall–Kier alpha value is -3.60. The van der Waals surface area contributed by atoms with Crippen LogP contribution in [0.2, 0.25) is 0 Å². The van der Waals surface area contributed by atoms with Crippen LogP contribution >= 0.6 is 0 Å². The number of nitrogens with two attached hydrogens (primary N) is 1. The van der Waals surface area contributed by atoms with Gasteiger partial charge in [-0.3, -0.25) is 4.99 Å². The molecule has 2 rings (SSSR count). The number of nitrogens with one attached hydrogen (secondary N) is 2. The normalized spacial score (nSPS) is 12.6. The lowest BCUT2D eigenvalue weighted by Crippen LogP contribution is -2.41. The second-order valence-corrected chi connectivity index (χ2v) is 8.61. The van der Waals surface area contributed by atoms with Crippen molar-refractivity contribution in [1.82, 2.24) is 10.0 Å². The number of carboxylic acid groups (broad SMARTS) is 1. The van der Waals surface area contributed by atoms with E-state index in [-0.39, 0.29) is 36.8 Å². The first-order valence-electron chi connectivity index (χ1n) is 9.77. The highest BCUT2D eigenvalue weighted by Crippen LogP contribution is 2.09. The molecule has 2 aromatic rings. The molecule has 32 heavy (non-hydrogen) atoms. The van der Waals surface area contributed by atoms with Crippen LogP contribution in [0.1, 0.15) is 24.0 Å². The van der Waals surface area contributed by atoms with E-state index in [0.29, 0.717) is 0 Å². The highest BCUT2D eigenvalue weighted by atomic mass is 32.2. The van der Waals surface area contributed by atoms with Crippen LogP contribution in [0.3, 0.4) is 0 Å². The van der Waals surface area contributed by atoms with Gasteiger partial charge in [-0.05, 0) is 37.5 Å². The molecule has 0 radical (unpaired) electrons. The third-order valence-electron chi connectivity index (χ3n) is 4.31. The molecule has 5 N–H and O–H groups in total. The number of hydrogen-bond donors (Lipinski definition) is 4. The molecule has 0 saturated heterocycles. The molecule has 2 aromatic carbocycles. The summed E-state index contributed by atoms with van der Waals surface area (Å²) in [5.74, 6) is -1.54. The summed E-state index contributed by atoms with van der Waals surface area (Å²) in [6.07, 6.45) is -0.560. The fourth-order valence-corrected chi connectivity index (χ4v) is 3.56. The second-order valence-electron chi connectivity index (χ2n) is 6.92. The average molecular weight is 463 g/mol. The maximum atomic E-state index is 12.3. The molecule has 1 unspecified atom stereocenters. The number of aliphatic carboxylic acids is 1. The van der Waals surface area contributed by atoms with Crippen molar-refractivity contribution in [2.45, 2.75) is 37.3 Å². The van der Waals surface area contributed by atoms with E-state index in [1.807, 2.05) is 13.0 Å². The predicted molar refractivity (Wildman–Crippen MR) is 118 cm³/mol. The number of carbonyl (C=O) groups is 2. The topological polar surface area (TPSA) is 160 Å². The lowest BCUT2D eigenvalue weighted by Gasteiger charge is -2.14. The smallest absolute Gasteiger partial charge is 0.408 e. The van der Waals surface area contributed by atoms with Crippen LogP contribution in [-0.2, 0) is 26.2 Å². The average Bonchev–Trinajstić information content (AvgIpc) is 2.75. The maximum Gasteiger partial charge on any atom is 0.408 e. The van der Waals surface area contributed by atoms with Gasteiger partial charge in [-0.25, -0.2) is 22.7 Å². The van der Waals surface area contributed by atoms with Crippen molar-refractivity contribution >= 4 is 28.0 Å². The third-order valence-corrected chi connectivity index (χ3v) is 5.68. The first kappa shape index (κ1) is 24.7. The summed E-state index contributed by atoms with van der Waals surface area (Å²) in [4.78, 5) is 27.2. The first-order chi connectivity index (χ1) is 15.2. The van der Waals surface area contributed by atoms with Gasteiger partial charge in [-0.1, -0.05) is 48.0 Å². The van der Waals surface area contributed by atoms with Gasteiger partial charge in [0.15, 0.2) is 0 Å². The quantitative estimate of drug-likeness (QED) is 0.238. The Balaban J connectivity index is 1.79. The number of nitrogens with zero attached hydrogens (tertiary/aromatic N) is 1. The van der Waals surface area contributed by atoms with Crippen LogP contribution < -0.4 is 15.8 Å². The summed E-state index contributed by atoms with van der Waals surface area (Å²) in [5, 5.41) is 11.6. The van der Waals surface area contributed by atoms with Crippen LogP contribution in [0.15, 0.2) is 64.5 Å². The van der Waals surface area contributed by atoms with Gasteiger partial charge in [0.05, 0.1) is 4.90 Å². The number of amides is 1. The van der Waals surface area contributed by atoms with Gasteiger partial charge in [-0.15, -0.1) is 0 Å². The van der Waals surface area contributed by atoms with Gasteiger partial charge < -0.3 is 20.9 Å². The number of carbonyl (C=O) groups excluding carboxylic acids is 1. The Kier molecular flexibility index (Phi) is 9.02. The summed E-state index contributed by atoms with van der Waals surface area (Å²) in [6, 6.07) is 14.0. The highest BCUT2D eigenvalue weighted by molar-refractivity contribution is 7.90. The molecular weight excluding hydrogens is 436 g/mol. The fraction of sp³-hybridized carbons (Fsp3) is 0.286. The van der Waals surface area contributed by atoms with Crippen molar-refractivity contribution in [3.8, 4) is 0 Å². The van der Waals surface area contributed by atoms with Crippen molar-refractivity contribution in [1.29, 1.82) is 0 Å². The maximum absolute atomic E-state index is 12.3. The molecule has 0 aliphatic heterocycles. The molecule has 1 atom stereocenters. The van der Waals surface area contributed by atoms with Gasteiger partial charge in [0.2, 0.25) is 5.96 Å². The van der Waals surface area contributed by atoms with E-state index in [2.05, 4.69) is 15.0 Å². The zero-order chi connectivity index (χ0) is 23.6. The molecule has 0 spiro atoms. The Labute approximate surface area is 186 Å². The minimum Gasteiger partial charge on any atom is -0.480 e. The first-order valence-corrected chi connectivity index (χ1v) is 11.2. The largest absolute Gasteiger partial charge is 0.480 e. The van der Waals surface area contributed by atoms with E-state index in [1.54, 1.807) is 36.4 Å². The molecule has 10 nitrogen and oxygen atoms in total. The molecule has 0 aliphatic rings. The standard InChI is InChI=1S/C21H26N4O6S/c1-15-9-11-17(12-10-15)32(29,30)25-20(22)23-13-5-8-18(19(26)27)24-21(28)31-14-16-6-3-2-4-7-16/h2-4,6-7,9-12,18H,5,8,13-14H2,1H3,(H,24,28)(H,26,27)(H3,22,23,25). The Morgan fingerprint density at radius 3 is 2.41 bits per heavy atom. The van der Waals surface area contributed by atoms with Crippen molar-refractivity contribution in [3.05, 3.63) is 65.7 Å². The Morgan fingerprint density at radius 2 is 1.78 bits per heavy atom. The second kappa shape index (κ2) is 11.7. The summed E-state index contributed by atoms with van der Waals surface area (Å²) in [5.41, 5.74) is 7.32. The number of guanidine groups is 1.